The minimum absolute atomic E-state index is 0.0683. The molecular weight excluding hydrogens is 396 g/mol. The minimum atomic E-state index is -0.543. The van der Waals surface area contributed by atoms with Crippen molar-refractivity contribution in [3.63, 3.8) is 0 Å². The summed E-state index contributed by atoms with van der Waals surface area (Å²) in [6.45, 7) is 0.530. The molecule has 1 aromatic carbocycles. The van der Waals surface area contributed by atoms with Gasteiger partial charge in [0.15, 0.2) is 0 Å². The van der Waals surface area contributed by atoms with Crippen LogP contribution in [-0.2, 0) is 20.9 Å². The molecule has 1 aromatic heterocycles. The van der Waals surface area contributed by atoms with Crippen LogP contribution in [0.2, 0.25) is 0 Å². The average molecular weight is 425 g/mol. The lowest BCUT2D eigenvalue weighted by Gasteiger charge is -2.33. The Balaban J connectivity index is 1.47. The highest BCUT2D eigenvalue weighted by Gasteiger charge is 2.48. The molecule has 3 unspecified atom stereocenters. The summed E-state index contributed by atoms with van der Waals surface area (Å²) in [7, 11) is 1.37. The molecule has 0 radical (unpaired) electrons. The largest absolute Gasteiger partial charge is 0.467 e. The van der Waals surface area contributed by atoms with E-state index in [2.05, 4.69) is 10.3 Å². The molecule has 2 heterocycles. The first kappa shape index (κ1) is 21.1. The number of fused-ring (bicyclic) bond motifs is 1. The van der Waals surface area contributed by atoms with Gasteiger partial charge < -0.3 is 19.5 Å². The molecule has 2 fully saturated rings. The Hall–Kier alpha value is -3.16. The third-order valence-corrected chi connectivity index (χ3v) is 6.35. The standard InChI is InChI=1S/C23H28N4O4/c1-31-23(30)20-14-16-5-2-3-8-19(16)27(20)22(29)17-6-4-7-18(13-17)25-21(28)9-11-26-12-10-24-15-26/h4,6-7,10,12-13,15-16,19-20H,2-3,5,8-9,11,14H2,1H3,(H,25,28). The van der Waals surface area contributed by atoms with Gasteiger partial charge in [-0.3, -0.25) is 9.59 Å². The molecule has 8 heteroatoms. The van der Waals surface area contributed by atoms with E-state index in [1.54, 1.807) is 47.9 Å². The van der Waals surface area contributed by atoms with E-state index in [9.17, 15) is 14.4 Å². The number of aromatic nitrogens is 2. The number of imidazole rings is 1. The molecule has 1 aliphatic heterocycles. The number of rotatable bonds is 6. The van der Waals surface area contributed by atoms with Crippen molar-refractivity contribution in [2.45, 2.75) is 57.2 Å². The Bertz CT molecular complexity index is 943. The number of aryl methyl sites for hydroxylation is 1. The highest BCUT2D eigenvalue weighted by molar-refractivity contribution is 5.99. The molecule has 1 saturated carbocycles. The maximum atomic E-state index is 13.4. The molecule has 2 amide bonds. The highest BCUT2D eigenvalue weighted by Crippen LogP contribution is 2.41. The van der Waals surface area contributed by atoms with E-state index in [-0.39, 0.29) is 23.8 Å². The summed E-state index contributed by atoms with van der Waals surface area (Å²) in [6.07, 6.45) is 10.2. The fourth-order valence-electron chi connectivity index (χ4n) is 4.85. The van der Waals surface area contributed by atoms with Crippen LogP contribution in [0.15, 0.2) is 43.0 Å². The van der Waals surface area contributed by atoms with Crippen molar-refractivity contribution < 1.29 is 19.1 Å². The molecule has 2 aliphatic rings. The van der Waals surface area contributed by atoms with Crippen LogP contribution in [0.4, 0.5) is 5.69 Å². The predicted octanol–water partition coefficient (Wildman–Crippen LogP) is 2.86. The first-order chi connectivity index (χ1) is 15.1. The van der Waals surface area contributed by atoms with Gasteiger partial charge in [-0.1, -0.05) is 18.9 Å². The van der Waals surface area contributed by atoms with Crippen LogP contribution in [0.1, 0.15) is 48.9 Å². The van der Waals surface area contributed by atoms with Crippen molar-refractivity contribution in [1.29, 1.82) is 0 Å². The topological polar surface area (TPSA) is 93.5 Å². The number of methoxy groups -OCH3 is 1. The number of anilines is 1. The molecule has 0 spiro atoms. The van der Waals surface area contributed by atoms with Crippen LogP contribution in [0.25, 0.3) is 0 Å². The maximum absolute atomic E-state index is 13.4. The first-order valence-electron chi connectivity index (χ1n) is 10.8. The van der Waals surface area contributed by atoms with Crippen molar-refractivity contribution in [2.24, 2.45) is 5.92 Å². The Morgan fingerprint density at radius 2 is 2.06 bits per heavy atom. The third-order valence-electron chi connectivity index (χ3n) is 6.35. The van der Waals surface area contributed by atoms with Crippen molar-refractivity contribution in [1.82, 2.24) is 14.5 Å². The van der Waals surface area contributed by atoms with Crippen molar-refractivity contribution in [3.05, 3.63) is 48.5 Å². The van der Waals surface area contributed by atoms with E-state index < -0.39 is 6.04 Å². The van der Waals surface area contributed by atoms with Gasteiger partial charge >= 0.3 is 5.97 Å². The van der Waals surface area contributed by atoms with Crippen LogP contribution in [0.5, 0.6) is 0 Å². The number of hydrogen-bond acceptors (Lipinski definition) is 5. The molecule has 0 bridgehead atoms. The second kappa shape index (κ2) is 9.32. The summed E-state index contributed by atoms with van der Waals surface area (Å²) in [5, 5.41) is 2.86. The van der Waals surface area contributed by atoms with E-state index in [1.165, 1.54) is 7.11 Å². The van der Waals surface area contributed by atoms with Gasteiger partial charge in [0.25, 0.3) is 5.91 Å². The maximum Gasteiger partial charge on any atom is 0.328 e. The molecule has 164 valence electrons. The van der Waals surface area contributed by atoms with Gasteiger partial charge in [-0.25, -0.2) is 9.78 Å². The third kappa shape index (κ3) is 4.62. The van der Waals surface area contributed by atoms with Crippen LogP contribution in [0.3, 0.4) is 0 Å². The lowest BCUT2D eigenvalue weighted by atomic mass is 9.84. The van der Waals surface area contributed by atoms with Crippen LogP contribution in [-0.4, -0.2) is 51.4 Å². The number of hydrogen-bond donors (Lipinski definition) is 1. The fraction of sp³-hybridized carbons (Fsp3) is 0.478. The quantitative estimate of drug-likeness (QED) is 0.720. The van der Waals surface area contributed by atoms with Crippen molar-refractivity contribution in [3.8, 4) is 0 Å². The second-order valence-electron chi connectivity index (χ2n) is 8.28. The van der Waals surface area contributed by atoms with E-state index in [4.69, 9.17) is 4.74 Å². The second-order valence-corrected chi connectivity index (χ2v) is 8.28. The number of amides is 2. The first-order valence-corrected chi connectivity index (χ1v) is 10.8. The molecule has 4 rings (SSSR count). The number of nitrogens with one attached hydrogen (secondary N) is 1. The molecule has 3 atom stereocenters. The van der Waals surface area contributed by atoms with Gasteiger partial charge in [0.05, 0.1) is 13.4 Å². The fourth-order valence-corrected chi connectivity index (χ4v) is 4.85. The zero-order chi connectivity index (χ0) is 21.8. The number of likely N-dealkylation sites (tertiary alicyclic amines) is 1. The SMILES string of the molecule is COC(=O)C1CC2CCCCC2N1C(=O)c1cccc(NC(=O)CCn2ccnc2)c1. The predicted molar refractivity (Wildman–Crippen MR) is 114 cm³/mol. The van der Waals surface area contributed by atoms with Gasteiger partial charge in [-0.15, -0.1) is 0 Å². The zero-order valence-electron chi connectivity index (χ0n) is 17.7. The summed E-state index contributed by atoms with van der Waals surface area (Å²) in [5.41, 5.74) is 1.03. The Morgan fingerprint density at radius 3 is 2.84 bits per heavy atom. The number of carbonyl (C=O) groups is 3. The monoisotopic (exact) mass is 424 g/mol. The van der Waals surface area contributed by atoms with Crippen LogP contribution >= 0.6 is 0 Å². The number of esters is 1. The minimum Gasteiger partial charge on any atom is -0.467 e. The van der Waals surface area contributed by atoms with E-state index >= 15 is 0 Å². The van der Waals surface area contributed by atoms with E-state index in [1.807, 2.05) is 4.57 Å². The Labute approximate surface area is 181 Å². The lowest BCUT2D eigenvalue weighted by Crippen LogP contribution is -2.46. The van der Waals surface area contributed by atoms with Gasteiger partial charge in [-0.05, 0) is 43.4 Å². The van der Waals surface area contributed by atoms with Gasteiger partial charge in [0.2, 0.25) is 5.91 Å². The number of nitrogens with zero attached hydrogens (tertiary/aromatic N) is 3. The molecule has 2 aromatic rings. The molecule has 1 aliphatic carbocycles. The Kier molecular flexibility index (Phi) is 6.34. The smallest absolute Gasteiger partial charge is 0.328 e. The van der Waals surface area contributed by atoms with E-state index in [0.29, 0.717) is 36.6 Å². The highest BCUT2D eigenvalue weighted by atomic mass is 16.5. The normalized spacial score (nSPS) is 22.6. The van der Waals surface area contributed by atoms with Crippen LogP contribution < -0.4 is 5.32 Å². The number of carbonyl (C=O) groups excluding carboxylic acids is 3. The summed E-state index contributed by atoms with van der Waals surface area (Å²) < 4.78 is 6.83. The lowest BCUT2D eigenvalue weighted by molar-refractivity contribution is -0.145. The summed E-state index contributed by atoms with van der Waals surface area (Å²) in [6, 6.07) is 6.45. The summed E-state index contributed by atoms with van der Waals surface area (Å²) in [5.74, 6) is -0.335. The van der Waals surface area contributed by atoms with Crippen molar-refractivity contribution in [2.75, 3.05) is 12.4 Å². The van der Waals surface area contributed by atoms with E-state index in [0.717, 1.165) is 25.7 Å². The zero-order valence-corrected chi connectivity index (χ0v) is 17.7. The van der Waals surface area contributed by atoms with Gasteiger partial charge in [0, 0.05) is 42.7 Å². The summed E-state index contributed by atoms with van der Waals surface area (Å²) in [4.78, 5) is 43.9. The van der Waals surface area contributed by atoms with Gasteiger partial charge in [-0.2, -0.15) is 0 Å². The molecule has 31 heavy (non-hydrogen) atoms. The average Bonchev–Trinajstić information content (AvgIpc) is 3.44. The molecule has 8 nitrogen and oxygen atoms in total. The van der Waals surface area contributed by atoms with Gasteiger partial charge in [0.1, 0.15) is 6.04 Å². The number of benzene rings is 1. The number of ether oxygens (including phenoxy) is 1. The molecular formula is C23H28N4O4. The molecule has 1 saturated heterocycles. The Morgan fingerprint density at radius 1 is 1.23 bits per heavy atom. The van der Waals surface area contributed by atoms with Crippen LogP contribution in [0, 0.1) is 5.92 Å². The summed E-state index contributed by atoms with van der Waals surface area (Å²) >= 11 is 0. The molecule has 1 N–H and O–H groups in total. The van der Waals surface area contributed by atoms with Crippen molar-refractivity contribution >= 4 is 23.5 Å².